The van der Waals surface area contributed by atoms with Crippen LogP contribution in [-0.2, 0) is 17.3 Å². The molecule has 1 atom stereocenters. The summed E-state index contributed by atoms with van der Waals surface area (Å²) >= 11 is 1.83. The third-order valence-corrected chi connectivity index (χ3v) is 6.97. The van der Waals surface area contributed by atoms with Gasteiger partial charge in [-0.25, -0.2) is 0 Å². The number of hydrogen-bond acceptors (Lipinski definition) is 4. The normalized spacial score (nSPS) is 18.4. The highest BCUT2D eigenvalue weighted by atomic mass is 32.2. The van der Waals surface area contributed by atoms with Gasteiger partial charge in [0.1, 0.15) is 0 Å². The number of nitrogens with one attached hydrogen (secondary N) is 1. The Labute approximate surface area is 159 Å². The van der Waals surface area contributed by atoms with Crippen LogP contribution in [0.25, 0.3) is 0 Å². The fraction of sp³-hybridized carbons (Fsp3) is 0.722. The molecular weight excluding hydrogens is 352 g/mol. The highest BCUT2D eigenvalue weighted by Gasteiger charge is 2.21. The maximum absolute atomic E-state index is 12.2. The third-order valence-electron chi connectivity index (χ3n) is 4.19. The number of hydrogen-bond donors (Lipinski definition) is 1. The molecular formula is C18H32N4OS2. The molecule has 2 heterocycles. The molecule has 1 aliphatic heterocycles. The molecule has 0 saturated carbocycles. The first-order valence-electron chi connectivity index (χ1n) is 9.06. The van der Waals surface area contributed by atoms with Crippen molar-refractivity contribution in [1.29, 1.82) is 0 Å². The van der Waals surface area contributed by atoms with E-state index in [0.29, 0.717) is 12.3 Å². The molecule has 0 amide bonds. The second-order valence-corrected chi connectivity index (χ2v) is 10.6. The van der Waals surface area contributed by atoms with E-state index < -0.39 is 10.8 Å². The van der Waals surface area contributed by atoms with E-state index in [9.17, 15) is 4.21 Å². The van der Waals surface area contributed by atoms with E-state index in [1.54, 1.807) is 0 Å². The zero-order valence-corrected chi connectivity index (χ0v) is 17.6. The van der Waals surface area contributed by atoms with Crippen LogP contribution in [0, 0.1) is 0 Å². The minimum atomic E-state index is -0.847. The standard InChI is InChI=1S/C18H32N4OS2/c1-5-19-17(20-8-14-25(23)18(2,3)4)22-11-9-21(10-12-22)15-16-7-6-13-24-16/h6-7,13H,5,8-12,14-15H2,1-4H3,(H,19,20). The van der Waals surface area contributed by atoms with Crippen LogP contribution in [0.15, 0.2) is 22.5 Å². The summed E-state index contributed by atoms with van der Waals surface area (Å²) in [4.78, 5) is 11.0. The number of piperazine rings is 1. The van der Waals surface area contributed by atoms with Crippen molar-refractivity contribution in [2.24, 2.45) is 4.99 Å². The van der Waals surface area contributed by atoms with Crippen molar-refractivity contribution in [3.05, 3.63) is 22.4 Å². The van der Waals surface area contributed by atoms with E-state index in [1.807, 2.05) is 32.1 Å². The molecule has 1 aromatic rings. The van der Waals surface area contributed by atoms with Gasteiger partial charge in [0.15, 0.2) is 5.96 Å². The molecule has 0 spiro atoms. The van der Waals surface area contributed by atoms with Crippen LogP contribution >= 0.6 is 11.3 Å². The monoisotopic (exact) mass is 384 g/mol. The van der Waals surface area contributed by atoms with Gasteiger partial charge in [-0.3, -0.25) is 14.1 Å². The Balaban J connectivity index is 1.84. The Bertz CT molecular complexity index is 558. The second kappa shape index (κ2) is 9.69. The topological polar surface area (TPSA) is 47.9 Å². The number of guanidine groups is 1. The van der Waals surface area contributed by atoms with Gasteiger partial charge in [-0.15, -0.1) is 11.3 Å². The minimum absolute atomic E-state index is 0.165. The molecule has 0 bridgehead atoms. The van der Waals surface area contributed by atoms with Crippen LogP contribution < -0.4 is 5.32 Å². The van der Waals surface area contributed by atoms with E-state index in [4.69, 9.17) is 4.99 Å². The summed E-state index contributed by atoms with van der Waals surface area (Å²) in [5.74, 6) is 1.58. The van der Waals surface area contributed by atoms with Gasteiger partial charge < -0.3 is 10.2 Å². The summed E-state index contributed by atoms with van der Waals surface area (Å²) in [5, 5.41) is 5.53. The molecule has 0 aromatic carbocycles. The smallest absolute Gasteiger partial charge is 0.194 e. The van der Waals surface area contributed by atoms with Crippen LogP contribution in [0.2, 0.25) is 0 Å². The first-order chi connectivity index (χ1) is 11.9. The van der Waals surface area contributed by atoms with E-state index >= 15 is 0 Å². The van der Waals surface area contributed by atoms with Crippen LogP contribution in [0.1, 0.15) is 32.6 Å². The lowest BCUT2D eigenvalue weighted by molar-refractivity contribution is 0.174. The first kappa shape index (κ1) is 20.4. The van der Waals surface area contributed by atoms with E-state index in [-0.39, 0.29) is 4.75 Å². The molecule has 142 valence electrons. The fourth-order valence-electron chi connectivity index (χ4n) is 2.71. The van der Waals surface area contributed by atoms with Gasteiger partial charge in [-0.1, -0.05) is 6.07 Å². The lowest BCUT2D eigenvalue weighted by Gasteiger charge is -2.36. The Kier molecular flexibility index (Phi) is 7.90. The molecule has 0 aliphatic carbocycles. The summed E-state index contributed by atoms with van der Waals surface area (Å²) in [5.41, 5.74) is 0. The summed E-state index contributed by atoms with van der Waals surface area (Å²) in [7, 11) is -0.847. The first-order valence-corrected chi connectivity index (χ1v) is 11.3. The quantitative estimate of drug-likeness (QED) is 0.604. The minimum Gasteiger partial charge on any atom is -0.357 e. The zero-order valence-electron chi connectivity index (χ0n) is 16.0. The summed E-state index contributed by atoms with van der Waals surface area (Å²) in [6, 6.07) is 4.33. The molecule has 1 aliphatic rings. The maximum atomic E-state index is 12.2. The molecule has 25 heavy (non-hydrogen) atoms. The van der Waals surface area contributed by atoms with Gasteiger partial charge in [-0.2, -0.15) is 0 Å². The Morgan fingerprint density at radius 2 is 2.04 bits per heavy atom. The molecule has 1 aromatic heterocycles. The Morgan fingerprint density at radius 1 is 1.32 bits per heavy atom. The summed E-state index contributed by atoms with van der Waals surface area (Å²) < 4.78 is 12.0. The highest BCUT2D eigenvalue weighted by Crippen LogP contribution is 2.14. The maximum Gasteiger partial charge on any atom is 0.194 e. The Morgan fingerprint density at radius 3 is 2.60 bits per heavy atom. The van der Waals surface area contributed by atoms with E-state index in [2.05, 4.69) is 39.6 Å². The average Bonchev–Trinajstić information content (AvgIpc) is 3.07. The lowest BCUT2D eigenvalue weighted by Crippen LogP contribution is -2.52. The number of thiophene rings is 1. The molecule has 1 fully saturated rings. The van der Waals surface area contributed by atoms with Gasteiger partial charge in [0.25, 0.3) is 0 Å². The predicted octanol–water partition coefficient (Wildman–Crippen LogP) is 2.38. The Hall–Kier alpha value is -0.920. The molecule has 1 saturated heterocycles. The average molecular weight is 385 g/mol. The summed E-state index contributed by atoms with van der Waals surface area (Å²) in [6.07, 6.45) is 0. The second-order valence-electron chi connectivity index (χ2n) is 7.24. The van der Waals surface area contributed by atoms with Crippen molar-refractivity contribution in [1.82, 2.24) is 15.1 Å². The van der Waals surface area contributed by atoms with Crippen molar-refractivity contribution in [2.45, 2.75) is 39.0 Å². The summed E-state index contributed by atoms with van der Waals surface area (Å²) in [6.45, 7) is 14.7. The largest absolute Gasteiger partial charge is 0.357 e. The highest BCUT2D eigenvalue weighted by molar-refractivity contribution is 7.86. The van der Waals surface area contributed by atoms with Crippen LogP contribution in [-0.4, -0.2) is 69.7 Å². The number of nitrogens with zero attached hydrogens (tertiary/aromatic N) is 3. The van der Waals surface area contributed by atoms with Crippen molar-refractivity contribution in [3.8, 4) is 0 Å². The van der Waals surface area contributed by atoms with Crippen molar-refractivity contribution in [3.63, 3.8) is 0 Å². The molecule has 0 radical (unpaired) electrons. The van der Waals surface area contributed by atoms with E-state index in [1.165, 1.54) is 4.88 Å². The fourth-order valence-corrected chi connectivity index (χ4v) is 4.32. The van der Waals surface area contributed by atoms with Gasteiger partial charge in [0.2, 0.25) is 0 Å². The van der Waals surface area contributed by atoms with Crippen molar-refractivity contribution in [2.75, 3.05) is 45.0 Å². The zero-order chi connectivity index (χ0) is 18.3. The molecule has 7 heteroatoms. The van der Waals surface area contributed by atoms with Gasteiger partial charge >= 0.3 is 0 Å². The lowest BCUT2D eigenvalue weighted by atomic mass is 10.3. The van der Waals surface area contributed by atoms with E-state index in [0.717, 1.165) is 45.2 Å². The van der Waals surface area contributed by atoms with Crippen molar-refractivity contribution < 1.29 is 4.21 Å². The van der Waals surface area contributed by atoms with Gasteiger partial charge in [0, 0.05) is 65.4 Å². The number of aliphatic imine (C=N–C) groups is 1. The molecule has 5 nitrogen and oxygen atoms in total. The third kappa shape index (κ3) is 6.72. The van der Waals surface area contributed by atoms with Crippen LogP contribution in [0.3, 0.4) is 0 Å². The SMILES string of the molecule is CCNC(=NCCS(=O)C(C)(C)C)N1CCN(Cc2cccs2)CC1. The molecule has 1 N–H and O–H groups in total. The van der Waals surface area contributed by atoms with Crippen molar-refractivity contribution >= 4 is 28.1 Å². The molecule has 2 rings (SSSR count). The molecule has 1 unspecified atom stereocenters. The van der Waals surface area contributed by atoms with Crippen LogP contribution in [0.5, 0.6) is 0 Å². The van der Waals surface area contributed by atoms with Crippen LogP contribution in [0.4, 0.5) is 0 Å². The predicted molar refractivity (Wildman–Crippen MR) is 110 cm³/mol. The number of rotatable bonds is 6. The van der Waals surface area contributed by atoms with Gasteiger partial charge in [0.05, 0.1) is 6.54 Å². The van der Waals surface area contributed by atoms with Gasteiger partial charge in [-0.05, 0) is 39.1 Å².